The van der Waals surface area contributed by atoms with Gasteiger partial charge >= 0.3 is 0 Å². The standard InChI is InChI=1S/C23H25FN4O/c24-20-8-2-7-19-21(9-10-26-22(19)20)27-13-16-4-1-5-17(12-16)14-28-11-3-6-18(15-28)23(25)29/h1-2,4-5,7-10,12,18H,3,6,11,13-15H2,(H2,25,29)(H,26,27)/t18-/m0/s1. The molecule has 3 N–H and O–H groups in total. The first-order valence-electron chi connectivity index (χ1n) is 9.97. The van der Waals surface area contributed by atoms with Gasteiger partial charge in [0.05, 0.1) is 5.92 Å². The van der Waals surface area contributed by atoms with E-state index in [0.717, 1.165) is 49.1 Å². The molecule has 5 nitrogen and oxygen atoms in total. The van der Waals surface area contributed by atoms with E-state index in [1.54, 1.807) is 12.3 Å². The molecule has 3 aromatic rings. The number of para-hydroxylation sites is 1. The molecular weight excluding hydrogens is 367 g/mol. The van der Waals surface area contributed by atoms with Crippen molar-refractivity contribution in [2.75, 3.05) is 18.4 Å². The zero-order chi connectivity index (χ0) is 20.2. The van der Waals surface area contributed by atoms with Crippen LogP contribution >= 0.6 is 0 Å². The molecule has 1 amide bonds. The number of nitrogens with two attached hydrogens (primary N) is 1. The van der Waals surface area contributed by atoms with Crippen LogP contribution in [0.3, 0.4) is 0 Å². The quantitative estimate of drug-likeness (QED) is 0.671. The van der Waals surface area contributed by atoms with Gasteiger partial charge in [-0.3, -0.25) is 14.7 Å². The number of halogens is 1. The van der Waals surface area contributed by atoms with Gasteiger partial charge in [0.2, 0.25) is 5.91 Å². The molecule has 0 unspecified atom stereocenters. The second-order valence-corrected chi connectivity index (χ2v) is 7.64. The number of carbonyl (C=O) groups excluding carboxylic acids is 1. The van der Waals surface area contributed by atoms with Crippen LogP contribution in [-0.4, -0.2) is 28.9 Å². The maximum absolute atomic E-state index is 14.0. The second kappa shape index (κ2) is 8.57. The molecule has 0 spiro atoms. The molecule has 0 aliphatic carbocycles. The number of benzene rings is 2. The molecule has 1 saturated heterocycles. The van der Waals surface area contributed by atoms with E-state index in [4.69, 9.17) is 5.73 Å². The highest BCUT2D eigenvalue weighted by Gasteiger charge is 2.23. The lowest BCUT2D eigenvalue weighted by Crippen LogP contribution is -2.40. The molecule has 150 valence electrons. The van der Waals surface area contributed by atoms with Gasteiger partial charge in [0, 0.05) is 36.9 Å². The maximum atomic E-state index is 14.0. The lowest BCUT2D eigenvalue weighted by molar-refractivity contribution is -0.123. The number of aromatic nitrogens is 1. The van der Waals surface area contributed by atoms with Gasteiger partial charge in [0.1, 0.15) is 11.3 Å². The number of hydrogen-bond acceptors (Lipinski definition) is 4. The largest absolute Gasteiger partial charge is 0.380 e. The lowest BCUT2D eigenvalue weighted by Gasteiger charge is -2.31. The van der Waals surface area contributed by atoms with E-state index < -0.39 is 0 Å². The SMILES string of the molecule is NC(=O)[C@H]1CCCN(Cc2cccc(CNc3ccnc4c(F)cccc34)c2)C1. The van der Waals surface area contributed by atoms with Crippen LogP contribution in [0.2, 0.25) is 0 Å². The molecule has 0 radical (unpaired) electrons. The molecule has 4 rings (SSSR count). The third-order valence-corrected chi connectivity index (χ3v) is 5.51. The summed E-state index contributed by atoms with van der Waals surface area (Å²) >= 11 is 0. The number of likely N-dealkylation sites (tertiary alicyclic amines) is 1. The fourth-order valence-electron chi connectivity index (χ4n) is 4.02. The number of amides is 1. The molecule has 1 aliphatic rings. The number of nitrogens with zero attached hydrogens (tertiary/aromatic N) is 2. The Labute approximate surface area is 169 Å². The van der Waals surface area contributed by atoms with Crippen LogP contribution in [0.1, 0.15) is 24.0 Å². The Balaban J connectivity index is 1.43. The van der Waals surface area contributed by atoms with Crippen LogP contribution in [0.5, 0.6) is 0 Å². The minimum Gasteiger partial charge on any atom is -0.380 e. The van der Waals surface area contributed by atoms with Crippen molar-refractivity contribution in [2.24, 2.45) is 11.7 Å². The third kappa shape index (κ3) is 4.54. The van der Waals surface area contributed by atoms with Crippen molar-refractivity contribution in [3.63, 3.8) is 0 Å². The molecule has 0 saturated carbocycles. The highest BCUT2D eigenvalue weighted by atomic mass is 19.1. The first-order chi connectivity index (χ1) is 14.1. The monoisotopic (exact) mass is 392 g/mol. The summed E-state index contributed by atoms with van der Waals surface area (Å²) in [6.07, 6.45) is 3.51. The molecule has 0 bridgehead atoms. The predicted molar refractivity (Wildman–Crippen MR) is 113 cm³/mol. The summed E-state index contributed by atoms with van der Waals surface area (Å²) in [5.41, 5.74) is 9.08. The first kappa shape index (κ1) is 19.3. The Kier molecular flexibility index (Phi) is 5.71. The third-order valence-electron chi connectivity index (χ3n) is 5.51. The zero-order valence-electron chi connectivity index (χ0n) is 16.3. The van der Waals surface area contributed by atoms with E-state index >= 15 is 0 Å². The van der Waals surface area contributed by atoms with Crippen molar-refractivity contribution in [2.45, 2.75) is 25.9 Å². The zero-order valence-corrected chi connectivity index (χ0v) is 16.3. The van der Waals surface area contributed by atoms with E-state index in [-0.39, 0.29) is 17.6 Å². The van der Waals surface area contributed by atoms with E-state index in [0.29, 0.717) is 12.1 Å². The summed E-state index contributed by atoms with van der Waals surface area (Å²) in [5, 5.41) is 4.18. The first-order valence-corrected chi connectivity index (χ1v) is 9.97. The minimum absolute atomic E-state index is 0.0473. The topological polar surface area (TPSA) is 71.2 Å². The normalized spacial score (nSPS) is 17.3. The second-order valence-electron chi connectivity index (χ2n) is 7.64. The molecule has 2 heterocycles. The average molecular weight is 392 g/mol. The van der Waals surface area contributed by atoms with Gasteiger partial charge in [-0.2, -0.15) is 0 Å². The van der Waals surface area contributed by atoms with Crippen LogP contribution in [0.15, 0.2) is 54.7 Å². The van der Waals surface area contributed by atoms with Crippen LogP contribution in [0, 0.1) is 11.7 Å². The van der Waals surface area contributed by atoms with Crippen molar-refractivity contribution >= 4 is 22.5 Å². The summed E-state index contributed by atoms with van der Waals surface area (Å²) in [6, 6.07) is 15.3. The van der Waals surface area contributed by atoms with Crippen LogP contribution in [0.4, 0.5) is 10.1 Å². The highest BCUT2D eigenvalue weighted by Crippen LogP contribution is 2.24. The van der Waals surface area contributed by atoms with E-state index in [1.807, 2.05) is 18.2 Å². The molecule has 1 atom stereocenters. The van der Waals surface area contributed by atoms with Crippen molar-refractivity contribution in [1.82, 2.24) is 9.88 Å². The Morgan fingerprint density at radius 2 is 2.03 bits per heavy atom. The smallest absolute Gasteiger partial charge is 0.221 e. The number of pyridine rings is 1. The molecule has 29 heavy (non-hydrogen) atoms. The molecule has 1 fully saturated rings. The number of anilines is 1. The number of hydrogen-bond donors (Lipinski definition) is 2. The van der Waals surface area contributed by atoms with Crippen LogP contribution in [0.25, 0.3) is 10.9 Å². The molecule has 1 aliphatic heterocycles. The lowest BCUT2D eigenvalue weighted by atomic mass is 9.97. The number of carbonyl (C=O) groups is 1. The van der Waals surface area contributed by atoms with E-state index in [9.17, 15) is 9.18 Å². The summed E-state index contributed by atoms with van der Waals surface area (Å²) in [5.74, 6) is -0.563. The van der Waals surface area contributed by atoms with Crippen molar-refractivity contribution in [3.8, 4) is 0 Å². The fourth-order valence-corrected chi connectivity index (χ4v) is 4.02. The van der Waals surface area contributed by atoms with Gasteiger partial charge in [-0.1, -0.05) is 36.4 Å². The number of rotatable bonds is 6. The maximum Gasteiger partial charge on any atom is 0.221 e. The number of piperidine rings is 1. The van der Waals surface area contributed by atoms with E-state index in [2.05, 4.69) is 33.4 Å². The Bertz CT molecular complexity index is 1020. The van der Waals surface area contributed by atoms with Crippen molar-refractivity contribution in [3.05, 3.63) is 71.7 Å². The van der Waals surface area contributed by atoms with Gasteiger partial charge < -0.3 is 11.1 Å². The number of fused-ring (bicyclic) bond motifs is 1. The summed E-state index contributed by atoms with van der Waals surface area (Å²) in [6.45, 7) is 3.15. The number of nitrogens with one attached hydrogen (secondary N) is 1. The van der Waals surface area contributed by atoms with Crippen LogP contribution in [-0.2, 0) is 17.9 Å². The van der Waals surface area contributed by atoms with Crippen molar-refractivity contribution < 1.29 is 9.18 Å². The summed E-state index contributed by atoms with van der Waals surface area (Å²) in [7, 11) is 0. The van der Waals surface area contributed by atoms with E-state index in [1.165, 1.54) is 11.6 Å². The highest BCUT2D eigenvalue weighted by molar-refractivity contribution is 5.91. The van der Waals surface area contributed by atoms with Gasteiger partial charge in [-0.15, -0.1) is 0 Å². The molecule has 2 aromatic carbocycles. The molecule has 6 heteroatoms. The van der Waals surface area contributed by atoms with Crippen LogP contribution < -0.4 is 11.1 Å². The average Bonchev–Trinajstić information content (AvgIpc) is 2.73. The molecular formula is C23H25FN4O. The van der Waals surface area contributed by atoms with Gasteiger partial charge in [-0.05, 0) is 42.6 Å². The Hall–Kier alpha value is -2.99. The Morgan fingerprint density at radius 3 is 2.90 bits per heavy atom. The van der Waals surface area contributed by atoms with Gasteiger partial charge in [0.25, 0.3) is 0 Å². The molecule has 1 aromatic heterocycles. The minimum atomic E-state index is -0.316. The number of primary amides is 1. The van der Waals surface area contributed by atoms with Gasteiger partial charge in [-0.25, -0.2) is 4.39 Å². The Morgan fingerprint density at radius 1 is 1.21 bits per heavy atom. The summed E-state index contributed by atoms with van der Waals surface area (Å²) < 4.78 is 14.0. The predicted octanol–water partition coefficient (Wildman–Crippen LogP) is 3.68. The summed E-state index contributed by atoms with van der Waals surface area (Å²) in [4.78, 5) is 17.9. The van der Waals surface area contributed by atoms with Crippen molar-refractivity contribution in [1.29, 1.82) is 0 Å². The van der Waals surface area contributed by atoms with Gasteiger partial charge in [0.15, 0.2) is 0 Å². The fraction of sp³-hybridized carbons (Fsp3) is 0.304.